The third kappa shape index (κ3) is 1.05. The van der Waals surface area contributed by atoms with E-state index in [9.17, 15) is 0 Å². The summed E-state index contributed by atoms with van der Waals surface area (Å²) in [7, 11) is 0. The summed E-state index contributed by atoms with van der Waals surface area (Å²) >= 11 is 0. The summed E-state index contributed by atoms with van der Waals surface area (Å²) < 4.78 is 0. The van der Waals surface area contributed by atoms with Gasteiger partial charge in [0.2, 0.25) is 0 Å². The average Bonchev–Trinajstić information content (AvgIpc) is 2.35. The highest BCUT2D eigenvalue weighted by Crippen LogP contribution is 2.46. The molecular formula is C13H14. The molecular weight excluding hydrogens is 156 g/mol. The van der Waals surface area contributed by atoms with E-state index in [1.165, 1.54) is 19.3 Å². The first-order chi connectivity index (χ1) is 6.45. The Morgan fingerprint density at radius 2 is 1.92 bits per heavy atom. The van der Waals surface area contributed by atoms with E-state index in [-0.39, 0.29) is 0 Å². The smallest absolute Gasteiger partial charge is 0.00266 e. The van der Waals surface area contributed by atoms with Crippen LogP contribution in [0.15, 0.2) is 36.4 Å². The van der Waals surface area contributed by atoms with Gasteiger partial charge in [0, 0.05) is 5.92 Å². The van der Waals surface area contributed by atoms with E-state index in [1.54, 1.807) is 11.1 Å². The predicted octanol–water partition coefficient (Wildman–Crippen LogP) is 3.61. The molecule has 2 atom stereocenters. The van der Waals surface area contributed by atoms with E-state index < -0.39 is 0 Å². The van der Waals surface area contributed by atoms with Gasteiger partial charge < -0.3 is 0 Å². The second kappa shape index (κ2) is 2.73. The molecule has 0 aliphatic heterocycles. The summed E-state index contributed by atoms with van der Waals surface area (Å²) in [6.07, 6.45) is 8.75. The van der Waals surface area contributed by atoms with Crippen molar-refractivity contribution in [3.8, 4) is 0 Å². The number of hydrogen-bond acceptors (Lipinski definition) is 0. The minimum Gasteiger partial charge on any atom is -0.0879 e. The lowest BCUT2D eigenvalue weighted by Gasteiger charge is -2.09. The molecule has 0 spiro atoms. The minimum absolute atomic E-state index is 0.726. The van der Waals surface area contributed by atoms with Gasteiger partial charge in [-0.3, -0.25) is 0 Å². The lowest BCUT2D eigenvalue weighted by molar-refractivity contribution is 0.620. The predicted molar refractivity (Wildman–Crippen MR) is 54.9 cm³/mol. The van der Waals surface area contributed by atoms with Crippen LogP contribution in [-0.4, -0.2) is 0 Å². The Balaban J connectivity index is 2.15. The largest absolute Gasteiger partial charge is 0.0879 e. The fourth-order valence-corrected chi connectivity index (χ4v) is 2.79. The van der Waals surface area contributed by atoms with Gasteiger partial charge in [-0.25, -0.2) is 0 Å². The molecule has 0 N–H and O–H groups in total. The molecule has 0 amide bonds. The first-order valence-corrected chi connectivity index (χ1v) is 5.20. The molecule has 66 valence electrons. The topological polar surface area (TPSA) is 0 Å². The molecule has 3 rings (SSSR count). The molecule has 0 aromatic heterocycles. The van der Waals surface area contributed by atoms with Crippen LogP contribution < -0.4 is 0 Å². The molecule has 2 unspecified atom stereocenters. The quantitative estimate of drug-likeness (QED) is 0.522. The molecule has 0 saturated carbocycles. The Morgan fingerprint density at radius 1 is 1.08 bits per heavy atom. The number of rotatable bonds is 0. The summed E-state index contributed by atoms with van der Waals surface area (Å²) in [6, 6.07) is 8.97. The fourth-order valence-electron chi connectivity index (χ4n) is 2.79. The molecule has 0 heterocycles. The van der Waals surface area contributed by atoms with Crippen molar-refractivity contribution in [2.75, 3.05) is 0 Å². The summed E-state index contributed by atoms with van der Waals surface area (Å²) in [5.74, 6) is 1.57. The van der Waals surface area contributed by atoms with E-state index in [2.05, 4.69) is 36.4 Å². The van der Waals surface area contributed by atoms with Gasteiger partial charge >= 0.3 is 0 Å². The van der Waals surface area contributed by atoms with Crippen molar-refractivity contribution < 1.29 is 0 Å². The zero-order valence-corrected chi connectivity index (χ0v) is 7.74. The summed E-state index contributed by atoms with van der Waals surface area (Å²) in [4.78, 5) is 0. The normalized spacial score (nSPS) is 29.8. The molecule has 2 bridgehead atoms. The van der Waals surface area contributed by atoms with Crippen molar-refractivity contribution in [2.45, 2.75) is 31.1 Å². The Labute approximate surface area is 79.3 Å². The Kier molecular flexibility index (Phi) is 1.55. The van der Waals surface area contributed by atoms with Gasteiger partial charge in [-0.15, -0.1) is 0 Å². The van der Waals surface area contributed by atoms with E-state index in [1.807, 2.05) is 0 Å². The fraction of sp³-hybridized carbons (Fsp3) is 0.385. The number of hydrogen-bond donors (Lipinski definition) is 0. The Hall–Kier alpha value is -1.04. The second-order valence-electron chi connectivity index (χ2n) is 4.17. The third-order valence-corrected chi connectivity index (χ3v) is 3.42. The summed E-state index contributed by atoms with van der Waals surface area (Å²) in [5, 5.41) is 0. The molecule has 13 heavy (non-hydrogen) atoms. The van der Waals surface area contributed by atoms with Crippen LogP contribution in [-0.2, 0) is 0 Å². The van der Waals surface area contributed by atoms with Crippen molar-refractivity contribution in [3.05, 3.63) is 47.5 Å². The van der Waals surface area contributed by atoms with Crippen LogP contribution in [0.3, 0.4) is 0 Å². The monoisotopic (exact) mass is 170 g/mol. The zero-order valence-electron chi connectivity index (χ0n) is 7.74. The van der Waals surface area contributed by atoms with E-state index in [0.717, 1.165) is 11.8 Å². The molecule has 0 saturated heterocycles. The van der Waals surface area contributed by atoms with Gasteiger partial charge in [-0.2, -0.15) is 0 Å². The Bertz CT molecular complexity index is 349. The van der Waals surface area contributed by atoms with Crippen LogP contribution >= 0.6 is 0 Å². The van der Waals surface area contributed by atoms with Gasteiger partial charge in [0.15, 0.2) is 0 Å². The summed E-state index contributed by atoms with van der Waals surface area (Å²) in [5.41, 5.74) is 3.21. The van der Waals surface area contributed by atoms with E-state index >= 15 is 0 Å². The molecule has 0 nitrogen and oxygen atoms in total. The van der Waals surface area contributed by atoms with Crippen molar-refractivity contribution in [2.24, 2.45) is 0 Å². The highest BCUT2D eigenvalue weighted by atomic mass is 14.3. The molecule has 2 aliphatic carbocycles. The second-order valence-corrected chi connectivity index (χ2v) is 4.17. The number of fused-ring (bicyclic) bond motifs is 5. The van der Waals surface area contributed by atoms with Gasteiger partial charge in [0.25, 0.3) is 0 Å². The zero-order chi connectivity index (χ0) is 8.67. The van der Waals surface area contributed by atoms with Crippen LogP contribution in [0.1, 0.15) is 42.2 Å². The SMILES string of the molecule is C1=CC2CC(CC1)c1ccccc12. The first-order valence-electron chi connectivity index (χ1n) is 5.20. The minimum atomic E-state index is 0.726. The first kappa shape index (κ1) is 7.37. The van der Waals surface area contributed by atoms with Crippen molar-refractivity contribution in [1.82, 2.24) is 0 Å². The van der Waals surface area contributed by atoms with E-state index in [4.69, 9.17) is 0 Å². The van der Waals surface area contributed by atoms with Gasteiger partial charge in [-0.05, 0) is 36.3 Å². The number of benzene rings is 1. The van der Waals surface area contributed by atoms with Gasteiger partial charge in [-0.1, -0.05) is 36.4 Å². The van der Waals surface area contributed by atoms with Crippen LogP contribution in [0, 0.1) is 0 Å². The van der Waals surface area contributed by atoms with Crippen LogP contribution in [0.2, 0.25) is 0 Å². The lowest BCUT2D eigenvalue weighted by atomic mass is 9.96. The maximum atomic E-state index is 2.41. The molecule has 0 radical (unpaired) electrons. The maximum Gasteiger partial charge on any atom is 0.00266 e. The van der Waals surface area contributed by atoms with Crippen molar-refractivity contribution in [1.29, 1.82) is 0 Å². The standard InChI is InChI=1S/C13H14/c1-2-6-11-9-10(5-1)12-7-3-4-8-13(11)12/h1,3-5,7-8,10-11H,2,6,9H2. The summed E-state index contributed by atoms with van der Waals surface area (Å²) in [6.45, 7) is 0. The Morgan fingerprint density at radius 3 is 2.85 bits per heavy atom. The van der Waals surface area contributed by atoms with Gasteiger partial charge in [0.05, 0.1) is 0 Å². The van der Waals surface area contributed by atoms with E-state index in [0.29, 0.717) is 0 Å². The van der Waals surface area contributed by atoms with Gasteiger partial charge in [0.1, 0.15) is 0 Å². The molecule has 2 aliphatic rings. The highest BCUT2D eigenvalue weighted by molar-refractivity contribution is 5.41. The highest BCUT2D eigenvalue weighted by Gasteiger charge is 2.29. The molecule has 0 fully saturated rings. The van der Waals surface area contributed by atoms with Crippen molar-refractivity contribution in [3.63, 3.8) is 0 Å². The molecule has 1 aromatic carbocycles. The van der Waals surface area contributed by atoms with Crippen molar-refractivity contribution >= 4 is 0 Å². The van der Waals surface area contributed by atoms with Crippen LogP contribution in [0.5, 0.6) is 0 Å². The molecule has 0 heteroatoms. The lowest BCUT2D eigenvalue weighted by Crippen LogP contribution is -1.91. The third-order valence-electron chi connectivity index (χ3n) is 3.42. The van der Waals surface area contributed by atoms with Crippen LogP contribution in [0.4, 0.5) is 0 Å². The average molecular weight is 170 g/mol. The van der Waals surface area contributed by atoms with Crippen LogP contribution in [0.25, 0.3) is 0 Å². The molecule has 1 aromatic rings. The maximum absolute atomic E-state index is 2.41. The number of allylic oxidation sites excluding steroid dienone is 2.